The van der Waals surface area contributed by atoms with Gasteiger partial charge in [-0.3, -0.25) is 9.78 Å². The molecule has 3 rings (SSSR count). The van der Waals surface area contributed by atoms with Gasteiger partial charge >= 0.3 is 0 Å². The number of nitrogens with zero attached hydrogens (tertiary/aromatic N) is 2. The van der Waals surface area contributed by atoms with Gasteiger partial charge in [0.2, 0.25) is 0 Å². The van der Waals surface area contributed by atoms with Crippen molar-refractivity contribution in [1.82, 2.24) is 9.88 Å². The Kier molecular flexibility index (Phi) is 8.37. The summed E-state index contributed by atoms with van der Waals surface area (Å²) in [4.78, 5) is 18.7. The van der Waals surface area contributed by atoms with E-state index in [-0.39, 0.29) is 12.0 Å². The molecule has 1 amide bonds. The lowest BCUT2D eigenvalue weighted by Crippen LogP contribution is -2.40. The Morgan fingerprint density at radius 1 is 1.26 bits per heavy atom. The van der Waals surface area contributed by atoms with E-state index in [1.54, 1.807) is 17.2 Å². The summed E-state index contributed by atoms with van der Waals surface area (Å²) in [7, 11) is 0. The number of rotatable bonds is 9. The van der Waals surface area contributed by atoms with Crippen molar-refractivity contribution in [2.75, 3.05) is 31.6 Å². The van der Waals surface area contributed by atoms with Crippen LogP contribution in [0.5, 0.6) is 11.5 Å². The molecule has 2 heterocycles. The maximum absolute atomic E-state index is 12.7. The smallest absolute Gasteiger partial charge is 0.272 e. The number of hydrogen-bond donors (Lipinski definition) is 2. The number of halogens is 1. The van der Waals surface area contributed by atoms with Gasteiger partial charge < -0.3 is 24.8 Å². The number of ether oxygens (including phenoxy) is 2. The van der Waals surface area contributed by atoms with E-state index in [4.69, 9.17) is 21.1 Å². The lowest BCUT2D eigenvalue weighted by atomic mass is 10.1. The normalized spacial score (nSPS) is 14.4. The average molecular weight is 448 g/mol. The first-order valence-electron chi connectivity index (χ1n) is 10.8. The second-order valence-electron chi connectivity index (χ2n) is 7.49. The van der Waals surface area contributed by atoms with Crippen LogP contribution in [0.15, 0.2) is 30.5 Å². The Balaban J connectivity index is 1.68. The number of aliphatic hydroxyl groups is 1. The van der Waals surface area contributed by atoms with Gasteiger partial charge in [-0.05, 0) is 56.0 Å². The number of amides is 1. The van der Waals surface area contributed by atoms with Crippen LogP contribution < -0.4 is 14.8 Å². The minimum Gasteiger partial charge on any atom is -0.490 e. The molecule has 1 aliphatic heterocycles. The minimum absolute atomic E-state index is 0.116. The number of carbonyl (C=O) groups excluding carboxylic acids is 1. The van der Waals surface area contributed by atoms with E-state index in [1.807, 2.05) is 32.0 Å². The monoisotopic (exact) mass is 447 g/mol. The molecular formula is C23H30ClN3O4. The number of piperidine rings is 1. The molecule has 1 saturated heterocycles. The first-order chi connectivity index (χ1) is 15.0. The van der Waals surface area contributed by atoms with Crippen LogP contribution in [0, 0.1) is 0 Å². The zero-order valence-corrected chi connectivity index (χ0v) is 18.8. The summed E-state index contributed by atoms with van der Waals surface area (Å²) < 4.78 is 11.5. The van der Waals surface area contributed by atoms with E-state index < -0.39 is 0 Å². The summed E-state index contributed by atoms with van der Waals surface area (Å²) in [5.74, 6) is 1.07. The van der Waals surface area contributed by atoms with Gasteiger partial charge in [0.25, 0.3) is 5.91 Å². The molecular weight excluding hydrogens is 418 g/mol. The van der Waals surface area contributed by atoms with Crippen LogP contribution in [0.25, 0.3) is 0 Å². The number of aliphatic hydroxyl groups excluding tert-OH is 1. The Morgan fingerprint density at radius 2 is 2.03 bits per heavy atom. The SMILES string of the molecule is CCCOc1c(Cl)cc(CNc2ccnc(C(=O)N3CCC(O)CC3)c2)cc1OCC. The van der Waals surface area contributed by atoms with E-state index in [0.717, 1.165) is 17.7 Å². The highest BCUT2D eigenvalue weighted by Gasteiger charge is 2.23. The van der Waals surface area contributed by atoms with Gasteiger partial charge in [0.15, 0.2) is 11.5 Å². The first-order valence-corrected chi connectivity index (χ1v) is 11.1. The highest BCUT2D eigenvalue weighted by Crippen LogP contribution is 2.37. The van der Waals surface area contributed by atoms with Crippen LogP contribution in [0.4, 0.5) is 5.69 Å². The highest BCUT2D eigenvalue weighted by atomic mass is 35.5. The molecule has 1 aliphatic rings. The molecule has 2 aromatic rings. The van der Waals surface area contributed by atoms with Crippen molar-refractivity contribution in [2.24, 2.45) is 0 Å². The van der Waals surface area contributed by atoms with Gasteiger partial charge in [0.1, 0.15) is 5.69 Å². The molecule has 1 fully saturated rings. The highest BCUT2D eigenvalue weighted by molar-refractivity contribution is 6.32. The van der Waals surface area contributed by atoms with Crippen LogP contribution in [0.1, 0.15) is 49.2 Å². The maximum atomic E-state index is 12.7. The van der Waals surface area contributed by atoms with Gasteiger partial charge in [0, 0.05) is 31.5 Å². The van der Waals surface area contributed by atoms with Crippen molar-refractivity contribution in [1.29, 1.82) is 0 Å². The third kappa shape index (κ3) is 6.24. The fraction of sp³-hybridized carbons (Fsp3) is 0.478. The number of hydrogen-bond acceptors (Lipinski definition) is 6. The molecule has 1 aromatic carbocycles. The Labute approximate surface area is 188 Å². The van der Waals surface area contributed by atoms with Gasteiger partial charge in [-0.15, -0.1) is 0 Å². The topological polar surface area (TPSA) is 83.9 Å². The van der Waals surface area contributed by atoms with Crippen LogP contribution in [-0.2, 0) is 6.54 Å². The number of pyridine rings is 1. The van der Waals surface area contributed by atoms with Crippen molar-refractivity contribution >= 4 is 23.2 Å². The summed E-state index contributed by atoms with van der Waals surface area (Å²) in [5.41, 5.74) is 2.11. The quantitative estimate of drug-likeness (QED) is 0.601. The van der Waals surface area contributed by atoms with E-state index in [9.17, 15) is 9.90 Å². The minimum atomic E-state index is -0.322. The molecule has 1 aromatic heterocycles. The molecule has 7 nitrogen and oxygen atoms in total. The van der Waals surface area contributed by atoms with Crippen molar-refractivity contribution in [2.45, 2.75) is 45.8 Å². The molecule has 0 bridgehead atoms. The second kappa shape index (κ2) is 11.2. The zero-order chi connectivity index (χ0) is 22.2. The fourth-order valence-corrected chi connectivity index (χ4v) is 3.71. The standard InChI is InChI=1S/C23H30ClN3O4/c1-3-11-31-22-19(24)12-16(13-21(22)30-4-2)15-26-17-5-8-25-20(14-17)23(29)27-9-6-18(28)7-10-27/h5,8,12-14,18,28H,3-4,6-7,9-11,15H2,1-2H3,(H,25,26). The maximum Gasteiger partial charge on any atom is 0.272 e. The van der Waals surface area contributed by atoms with Crippen LogP contribution in [-0.4, -0.2) is 53.3 Å². The van der Waals surface area contributed by atoms with E-state index in [0.29, 0.717) is 67.9 Å². The summed E-state index contributed by atoms with van der Waals surface area (Å²) in [6.45, 7) is 6.63. The van der Waals surface area contributed by atoms with E-state index in [1.165, 1.54) is 0 Å². The van der Waals surface area contributed by atoms with E-state index in [2.05, 4.69) is 10.3 Å². The fourth-order valence-electron chi connectivity index (χ4n) is 3.42. The van der Waals surface area contributed by atoms with Crippen molar-refractivity contribution in [3.8, 4) is 11.5 Å². The number of benzene rings is 1. The van der Waals surface area contributed by atoms with E-state index >= 15 is 0 Å². The molecule has 0 unspecified atom stereocenters. The molecule has 2 N–H and O–H groups in total. The number of carbonyl (C=O) groups is 1. The lowest BCUT2D eigenvalue weighted by Gasteiger charge is -2.29. The Hall–Kier alpha value is -2.51. The number of aromatic nitrogens is 1. The number of nitrogens with one attached hydrogen (secondary N) is 1. The molecule has 8 heteroatoms. The molecule has 0 saturated carbocycles. The van der Waals surface area contributed by atoms with Gasteiger partial charge in [-0.1, -0.05) is 18.5 Å². The summed E-state index contributed by atoms with van der Waals surface area (Å²) >= 11 is 6.44. The Bertz CT molecular complexity index is 885. The molecule has 31 heavy (non-hydrogen) atoms. The number of likely N-dealkylation sites (tertiary alicyclic amines) is 1. The van der Waals surface area contributed by atoms with Crippen molar-refractivity contribution < 1.29 is 19.4 Å². The third-order valence-electron chi connectivity index (χ3n) is 5.05. The van der Waals surface area contributed by atoms with Crippen molar-refractivity contribution in [3.63, 3.8) is 0 Å². The van der Waals surface area contributed by atoms with Gasteiger partial charge in [-0.25, -0.2) is 0 Å². The second-order valence-corrected chi connectivity index (χ2v) is 7.90. The summed E-state index contributed by atoms with van der Waals surface area (Å²) in [5, 5.41) is 13.5. The molecule has 0 spiro atoms. The van der Waals surface area contributed by atoms with Crippen molar-refractivity contribution in [3.05, 3.63) is 46.7 Å². The van der Waals surface area contributed by atoms with Crippen LogP contribution >= 0.6 is 11.6 Å². The van der Waals surface area contributed by atoms with Gasteiger partial charge in [0.05, 0.1) is 24.3 Å². The molecule has 168 valence electrons. The summed E-state index contributed by atoms with van der Waals surface area (Å²) in [6, 6.07) is 7.34. The largest absolute Gasteiger partial charge is 0.490 e. The van der Waals surface area contributed by atoms with Gasteiger partial charge in [-0.2, -0.15) is 0 Å². The lowest BCUT2D eigenvalue weighted by molar-refractivity contribution is 0.0541. The first kappa shape index (κ1) is 23.2. The third-order valence-corrected chi connectivity index (χ3v) is 5.33. The van der Waals surface area contributed by atoms with Crippen LogP contribution in [0.2, 0.25) is 5.02 Å². The Morgan fingerprint density at radius 3 is 2.74 bits per heavy atom. The summed E-state index contributed by atoms with van der Waals surface area (Å²) in [6.07, 6.45) is 3.38. The molecule has 0 aliphatic carbocycles. The average Bonchev–Trinajstić information content (AvgIpc) is 2.77. The zero-order valence-electron chi connectivity index (χ0n) is 18.1. The molecule has 0 atom stereocenters. The predicted octanol–water partition coefficient (Wildman–Crippen LogP) is 4.13. The predicted molar refractivity (Wildman–Crippen MR) is 121 cm³/mol. The van der Waals surface area contributed by atoms with Crippen LogP contribution in [0.3, 0.4) is 0 Å². The number of anilines is 1. The molecule has 0 radical (unpaired) electrons.